The van der Waals surface area contributed by atoms with Crippen molar-refractivity contribution in [3.63, 3.8) is 0 Å². The highest BCUT2D eigenvalue weighted by Crippen LogP contribution is 2.26. The van der Waals surface area contributed by atoms with Crippen molar-refractivity contribution >= 4 is 11.8 Å². The van der Waals surface area contributed by atoms with Crippen LogP contribution >= 0.6 is 11.8 Å². The van der Waals surface area contributed by atoms with Gasteiger partial charge in [-0.2, -0.15) is 22.0 Å². The number of hydrogen-bond acceptors (Lipinski definition) is 3. The third-order valence-corrected chi connectivity index (χ3v) is 8.49. The van der Waals surface area contributed by atoms with Crippen LogP contribution in [0.4, 0.5) is 0 Å². The van der Waals surface area contributed by atoms with Crippen molar-refractivity contribution in [3.8, 4) is 0 Å². The molecule has 0 heterocycles. The van der Waals surface area contributed by atoms with E-state index in [2.05, 4.69) is 28.9 Å². The van der Waals surface area contributed by atoms with Crippen molar-refractivity contribution in [1.29, 1.82) is 0 Å². The maximum atomic E-state index is 4.43. The molecule has 2 nitrogen and oxygen atoms in total. The summed E-state index contributed by atoms with van der Waals surface area (Å²) in [7, 11) is 0. The molecule has 0 N–H and O–H groups in total. The minimum atomic E-state index is 0.913. The maximum Gasteiger partial charge on any atom is 0.0606 e. The quantitative estimate of drug-likeness (QED) is 0.137. The average Bonchev–Trinajstić information content (AvgIpc) is 2.86. The summed E-state index contributed by atoms with van der Waals surface area (Å²) in [4.78, 5) is 0. The number of nitrogens with zero attached hydrogens (tertiary/aromatic N) is 2. The van der Waals surface area contributed by atoms with E-state index in [1.165, 1.54) is 160 Å². The lowest BCUT2D eigenvalue weighted by Gasteiger charge is -2.15. The molecule has 0 aliphatic heterocycles. The zero-order chi connectivity index (χ0) is 22.8. The Balaban J connectivity index is 1.81. The molecule has 0 spiro atoms. The van der Waals surface area contributed by atoms with Gasteiger partial charge >= 0.3 is 0 Å². The topological polar surface area (TPSA) is 24.7 Å². The van der Waals surface area contributed by atoms with Crippen LogP contribution in [0.25, 0.3) is 0 Å². The molecule has 1 aliphatic rings. The molecule has 3 heteroatoms. The van der Waals surface area contributed by atoms with Gasteiger partial charge in [-0.1, -0.05) is 135 Å². The van der Waals surface area contributed by atoms with Crippen molar-refractivity contribution in [3.05, 3.63) is 0 Å². The Morgan fingerprint density at radius 1 is 0.500 bits per heavy atom. The van der Waals surface area contributed by atoms with Gasteiger partial charge in [0.1, 0.15) is 0 Å². The molecule has 32 heavy (non-hydrogen) atoms. The first-order valence-electron chi connectivity index (χ1n) is 14.9. The smallest absolute Gasteiger partial charge is 0.0606 e. The van der Waals surface area contributed by atoms with Crippen molar-refractivity contribution in [1.82, 2.24) is 0 Å². The Hall–Kier alpha value is -0.0500. The summed E-state index contributed by atoms with van der Waals surface area (Å²) in [5, 5.41) is 9.77. The Morgan fingerprint density at radius 3 is 1.41 bits per heavy atom. The molecule has 1 rings (SSSR count). The molecule has 0 aromatic rings. The molecule has 0 amide bonds. The van der Waals surface area contributed by atoms with Crippen LogP contribution in [0.5, 0.6) is 0 Å². The van der Waals surface area contributed by atoms with E-state index in [0.717, 1.165) is 18.3 Å². The summed E-state index contributed by atoms with van der Waals surface area (Å²) in [5.41, 5.74) is 0. The molecule has 0 bridgehead atoms. The van der Waals surface area contributed by atoms with E-state index in [-0.39, 0.29) is 0 Å². The van der Waals surface area contributed by atoms with E-state index >= 15 is 0 Å². The molecule has 0 aromatic carbocycles. The lowest BCUT2D eigenvalue weighted by atomic mass is 10.0. The van der Waals surface area contributed by atoms with E-state index in [1.54, 1.807) is 0 Å². The van der Waals surface area contributed by atoms with Gasteiger partial charge in [-0.05, 0) is 31.4 Å². The summed E-state index contributed by atoms with van der Waals surface area (Å²) in [6, 6.07) is 0. The van der Waals surface area contributed by atoms with Gasteiger partial charge in [0.05, 0.1) is 13.1 Å². The van der Waals surface area contributed by atoms with Crippen molar-refractivity contribution in [2.45, 2.75) is 166 Å². The number of rotatable bonds is 19. The van der Waals surface area contributed by atoms with Crippen molar-refractivity contribution < 1.29 is 0 Å². The molecule has 0 radical (unpaired) electrons. The monoisotopic (exact) mass is 466 g/mol. The highest BCUT2D eigenvalue weighted by molar-refractivity contribution is 7.99. The largest absolute Gasteiger partial charge is 0.194 e. The second-order valence-electron chi connectivity index (χ2n) is 10.2. The van der Waals surface area contributed by atoms with Crippen molar-refractivity contribution in [2.24, 2.45) is 10.2 Å². The molecule has 0 atom stereocenters. The molecule has 190 valence electrons. The second kappa shape index (κ2) is 25.6. The molecule has 0 saturated heterocycles. The number of azo groups is 1. The minimum Gasteiger partial charge on any atom is -0.194 e. The Labute approximate surface area is 207 Å². The first kappa shape index (κ1) is 30.0. The second-order valence-corrected chi connectivity index (χ2v) is 11.6. The number of unbranched alkanes of at least 4 members (excludes halogenated alkanes) is 12. The fraction of sp³-hybridized carbons (Fsp3) is 1.00. The van der Waals surface area contributed by atoms with Gasteiger partial charge < -0.3 is 0 Å². The van der Waals surface area contributed by atoms with Crippen LogP contribution in [-0.4, -0.2) is 24.1 Å². The van der Waals surface area contributed by atoms with Crippen LogP contribution in [0, 0.1) is 0 Å². The summed E-state index contributed by atoms with van der Waals surface area (Å²) in [6.07, 6.45) is 34.2. The molecule has 0 aromatic heterocycles. The van der Waals surface area contributed by atoms with Crippen LogP contribution < -0.4 is 0 Å². The maximum absolute atomic E-state index is 4.43. The molecule has 1 aliphatic carbocycles. The predicted molar refractivity (Wildman–Crippen MR) is 147 cm³/mol. The molecular weight excluding hydrogens is 408 g/mol. The number of hydrogen-bond donors (Lipinski definition) is 0. The highest BCUT2D eigenvalue weighted by Gasteiger charge is 2.10. The van der Waals surface area contributed by atoms with Gasteiger partial charge in [0.2, 0.25) is 0 Å². The van der Waals surface area contributed by atoms with E-state index in [1.807, 2.05) is 0 Å². The van der Waals surface area contributed by atoms with E-state index < -0.39 is 0 Å². The molecule has 1 fully saturated rings. The van der Waals surface area contributed by atoms with Gasteiger partial charge in [0.15, 0.2) is 0 Å². The van der Waals surface area contributed by atoms with Gasteiger partial charge in [-0.25, -0.2) is 0 Å². The Kier molecular flexibility index (Phi) is 24.0. The standard InChI is InChI=1S/C29H58N2S/c1-2-3-4-5-6-7-8-9-10-13-16-19-22-26-30-31-27-23-28-32-29-24-20-17-14-11-12-15-18-21-25-29/h29H,2-28H2,1H3. The third kappa shape index (κ3) is 21.8. The van der Waals surface area contributed by atoms with E-state index in [0.29, 0.717) is 0 Å². The molecule has 0 unspecified atom stereocenters. The van der Waals surface area contributed by atoms with Crippen LogP contribution in [0.2, 0.25) is 0 Å². The Morgan fingerprint density at radius 2 is 0.906 bits per heavy atom. The zero-order valence-corrected chi connectivity index (χ0v) is 22.8. The average molecular weight is 467 g/mol. The third-order valence-electron chi connectivity index (χ3n) is 7.02. The summed E-state index contributed by atoms with van der Waals surface area (Å²) >= 11 is 2.23. The van der Waals surface area contributed by atoms with Gasteiger partial charge in [-0.3, -0.25) is 0 Å². The van der Waals surface area contributed by atoms with E-state index in [4.69, 9.17) is 0 Å². The fourth-order valence-electron chi connectivity index (χ4n) is 4.84. The lowest BCUT2D eigenvalue weighted by Crippen LogP contribution is -2.04. The predicted octanol–water partition coefficient (Wildman–Crippen LogP) is 10.9. The number of thioether (sulfide) groups is 1. The molecular formula is C29H58N2S. The SMILES string of the molecule is CCCCCCCCCCCCCCCN=NCCCSC1CCCCCCCCCC1. The summed E-state index contributed by atoms with van der Waals surface area (Å²) in [5.74, 6) is 1.28. The normalized spacial score (nSPS) is 17.0. The Bertz CT molecular complexity index is 373. The lowest BCUT2D eigenvalue weighted by molar-refractivity contribution is 0.539. The van der Waals surface area contributed by atoms with Crippen LogP contribution in [0.1, 0.15) is 161 Å². The van der Waals surface area contributed by atoms with Crippen LogP contribution in [0.3, 0.4) is 0 Å². The first-order valence-corrected chi connectivity index (χ1v) is 15.9. The van der Waals surface area contributed by atoms with Gasteiger partial charge in [0, 0.05) is 5.25 Å². The highest BCUT2D eigenvalue weighted by atomic mass is 32.2. The van der Waals surface area contributed by atoms with Crippen molar-refractivity contribution in [2.75, 3.05) is 18.8 Å². The summed E-state index contributed by atoms with van der Waals surface area (Å²) in [6.45, 7) is 4.19. The molecule has 1 saturated carbocycles. The minimum absolute atomic E-state index is 0.913. The van der Waals surface area contributed by atoms with Gasteiger partial charge in [0.25, 0.3) is 0 Å². The zero-order valence-electron chi connectivity index (χ0n) is 22.0. The summed E-state index contributed by atoms with van der Waals surface area (Å²) < 4.78 is 0. The first-order chi connectivity index (χ1) is 15.9. The van der Waals surface area contributed by atoms with Crippen LogP contribution in [-0.2, 0) is 0 Å². The van der Waals surface area contributed by atoms with Crippen LogP contribution in [0.15, 0.2) is 10.2 Å². The van der Waals surface area contributed by atoms with E-state index in [9.17, 15) is 0 Å². The van der Waals surface area contributed by atoms with Gasteiger partial charge in [-0.15, -0.1) is 0 Å². The fourth-order valence-corrected chi connectivity index (χ4v) is 6.14.